The van der Waals surface area contributed by atoms with Gasteiger partial charge in [-0.05, 0) is 37.5 Å². The lowest BCUT2D eigenvalue weighted by Crippen LogP contribution is -2.51. The maximum atomic E-state index is 12.2. The minimum absolute atomic E-state index is 0.192. The fraction of sp³-hybridized carbons (Fsp3) is 0.533. The number of carbonyl (C=O) groups excluding carboxylic acids is 1. The van der Waals surface area contributed by atoms with Gasteiger partial charge in [0.15, 0.2) is 0 Å². The number of methoxy groups -OCH3 is 1. The number of carbonyl (C=O) groups is 1. The van der Waals surface area contributed by atoms with Crippen molar-refractivity contribution in [1.82, 2.24) is 5.32 Å². The molecule has 0 aromatic heterocycles. The molecule has 0 spiro atoms. The van der Waals surface area contributed by atoms with Crippen LogP contribution in [0.15, 0.2) is 24.3 Å². The molecule has 2 N–H and O–H groups in total. The molecule has 2 rings (SSSR count). The van der Waals surface area contributed by atoms with E-state index < -0.39 is 5.54 Å². The summed E-state index contributed by atoms with van der Waals surface area (Å²) < 4.78 is 4.95. The molecule has 19 heavy (non-hydrogen) atoms. The van der Waals surface area contributed by atoms with E-state index in [1.807, 2.05) is 6.92 Å². The normalized spacial score (nSPS) is 19.1. The van der Waals surface area contributed by atoms with Gasteiger partial charge in [-0.3, -0.25) is 5.32 Å². The Balaban J connectivity index is 2.27. The summed E-state index contributed by atoms with van der Waals surface area (Å²) in [7, 11) is 1.40. The van der Waals surface area contributed by atoms with Gasteiger partial charge in [0.25, 0.3) is 0 Å². The molecule has 1 unspecified atom stereocenters. The van der Waals surface area contributed by atoms with E-state index in [1.165, 1.54) is 20.0 Å². The van der Waals surface area contributed by atoms with E-state index in [9.17, 15) is 9.90 Å². The Morgan fingerprint density at radius 3 is 2.42 bits per heavy atom. The lowest BCUT2D eigenvalue weighted by Gasteiger charge is -2.31. The third-order valence-corrected chi connectivity index (χ3v) is 3.89. The topological polar surface area (TPSA) is 58.6 Å². The minimum Gasteiger partial charge on any atom is -0.508 e. The number of esters is 1. The maximum absolute atomic E-state index is 12.2. The predicted octanol–water partition coefficient (Wildman–Crippen LogP) is 2.31. The van der Waals surface area contributed by atoms with Crippen LogP contribution in [-0.4, -0.2) is 24.2 Å². The van der Waals surface area contributed by atoms with E-state index in [0.717, 1.165) is 18.4 Å². The van der Waals surface area contributed by atoms with Crippen molar-refractivity contribution in [2.75, 3.05) is 7.11 Å². The minimum atomic E-state index is -0.864. The van der Waals surface area contributed by atoms with Crippen LogP contribution in [0.1, 0.15) is 38.2 Å². The van der Waals surface area contributed by atoms with Gasteiger partial charge in [-0.25, -0.2) is 4.79 Å². The van der Waals surface area contributed by atoms with Crippen molar-refractivity contribution in [1.29, 1.82) is 0 Å². The van der Waals surface area contributed by atoms with Gasteiger partial charge in [-0.15, -0.1) is 0 Å². The molecule has 0 saturated heterocycles. The Morgan fingerprint density at radius 1 is 1.32 bits per heavy atom. The zero-order valence-electron chi connectivity index (χ0n) is 11.5. The molecule has 104 valence electrons. The third-order valence-electron chi connectivity index (χ3n) is 3.89. The molecule has 0 amide bonds. The lowest BCUT2D eigenvalue weighted by molar-refractivity contribution is -0.148. The van der Waals surface area contributed by atoms with Gasteiger partial charge in [-0.1, -0.05) is 25.0 Å². The first-order valence-corrected chi connectivity index (χ1v) is 6.72. The summed E-state index contributed by atoms with van der Waals surface area (Å²) in [5, 5.41) is 12.8. The van der Waals surface area contributed by atoms with Crippen molar-refractivity contribution < 1.29 is 14.6 Å². The first-order valence-electron chi connectivity index (χ1n) is 6.72. The molecule has 4 nitrogen and oxygen atoms in total. The third kappa shape index (κ3) is 2.89. The molecule has 1 aromatic rings. The molecule has 4 heteroatoms. The molecule has 1 fully saturated rings. The number of nitrogens with one attached hydrogen (secondary N) is 1. The van der Waals surface area contributed by atoms with Crippen LogP contribution in [0.3, 0.4) is 0 Å². The zero-order valence-corrected chi connectivity index (χ0v) is 11.5. The van der Waals surface area contributed by atoms with Gasteiger partial charge in [0.05, 0.1) is 7.11 Å². The number of phenols is 1. The van der Waals surface area contributed by atoms with Gasteiger partial charge < -0.3 is 9.84 Å². The summed E-state index contributed by atoms with van der Waals surface area (Å²) in [5.41, 5.74) is -0.0543. The highest BCUT2D eigenvalue weighted by Crippen LogP contribution is 2.28. The summed E-state index contributed by atoms with van der Waals surface area (Å²) in [6, 6.07) is 7.04. The Hall–Kier alpha value is -1.55. The van der Waals surface area contributed by atoms with Crippen LogP contribution in [0.2, 0.25) is 0 Å². The van der Waals surface area contributed by atoms with Crippen LogP contribution in [0.25, 0.3) is 0 Å². The van der Waals surface area contributed by atoms with Crippen molar-refractivity contribution in [3.63, 3.8) is 0 Å². The van der Waals surface area contributed by atoms with Crippen LogP contribution in [-0.2, 0) is 15.1 Å². The summed E-state index contributed by atoms with van der Waals surface area (Å²) in [6.07, 6.45) is 4.57. The largest absolute Gasteiger partial charge is 0.508 e. The molecule has 0 bridgehead atoms. The maximum Gasteiger partial charge on any atom is 0.330 e. The molecule has 0 aliphatic heterocycles. The second kappa shape index (κ2) is 5.61. The number of benzene rings is 1. The van der Waals surface area contributed by atoms with Crippen LogP contribution >= 0.6 is 0 Å². The van der Waals surface area contributed by atoms with Crippen molar-refractivity contribution >= 4 is 5.97 Å². The first kappa shape index (κ1) is 13.9. The average molecular weight is 263 g/mol. The predicted molar refractivity (Wildman–Crippen MR) is 72.9 cm³/mol. The molecule has 1 atom stereocenters. The molecular weight excluding hydrogens is 242 g/mol. The second-order valence-electron chi connectivity index (χ2n) is 5.29. The Kier molecular flexibility index (Phi) is 4.10. The van der Waals surface area contributed by atoms with E-state index in [-0.39, 0.29) is 11.7 Å². The Bertz CT molecular complexity index is 437. The number of hydrogen-bond donors (Lipinski definition) is 2. The van der Waals surface area contributed by atoms with E-state index in [0.29, 0.717) is 6.04 Å². The van der Waals surface area contributed by atoms with Crippen LogP contribution in [0.5, 0.6) is 5.75 Å². The summed E-state index contributed by atoms with van der Waals surface area (Å²) in [4.78, 5) is 12.2. The van der Waals surface area contributed by atoms with Gasteiger partial charge in [-0.2, -0.15) is 0 Å². The van der Waals surface area contributed by atoms with Gasteiger partial charge in [0.1, 0.15) is 11.3 Å². The van der Waals surface area contributed by atoms with Crippen molar-refractivity contribution in [2.24, 2.45) is 0 Å². The van der Waals surface area contributed by atoms with Crippen LogP contribution in [0, 0.1) is 0 Å². The molecule has 1 aliphatic rings. The lowest BCUT2D eigenvalue weighted by atomic mass is 9.90. The van der Waals surface area contributed by atoms with E-state index in [4.69, 9.17) is 4.74 Å². The number of rotatable bonds is 4. The molecule has 1 aliphatic carbocycles. The monoisotopic (exact) mass is 263 g/mol. The van der Waals surface area contributed by atoms with E-state index in [1.54, 1.807) is 24.3 Å². The van der Waals surface area contributed by atoms with Crippen LogP contribution < -0.4 is 5.32 Å². The van der Waals surface area contributed by atoms with Gasteiger partial charge >= 0.3 is 5.97 Å². The molecule has 0 heterocycles. The Morgan fingerprint density at radius 2 is 1.89 bits per heavy atom. The average Bonchev–Trinajstić information content (AvgIpc) is 2.91. The first-order chi connectivity index (χ1) is 9.06. The van der Waals surface area contributed by atoms with E-state index >= 15 is 0 Å². The summed E-state index contributed by atoms with van der Waals surface area (Å²) in [5.74, 6) is -0.109. The van der Waals surface area contributed by atoms with Crippen LogP contribution in [0.4, 0.5) is 0 Å². The summed E-state index contributed by atoms with van der Waals surface area (Å²) in [6.45, 7) is 1.84. The number of phenolic OH excluding ortho intramolecular Hbond substituents is 1. The quantitative estimate of drug-likeness (QED) is 0.818. The van der Waals surface area contributed by atoms with Crippen molar-refractivity contribution in [2.45, 2.75) is 44.2 Å². The smallest absolute Gasteiger partial charge is 0.330 e. The van der Waals surface area contributed by atoms with Crippen molar-refractivity contribution in [3.8, 4) is 5.75 Å². The molecule has 1 saturated carbocycles. The number of hydrogen-bond acceptors (Lipinski definition) is 4. The molecule has 1 aromatic carbocycles. The Labute approximate surface area is 113 Å². The van der Waals surface area contributed by atoms with E-state index in [2.05, 4.69) is 5.32 Å². The highest BCUT2D eigenvalue weighted by molar-refractivity contribution is 5.82. The molecule has 0 radical (unpaired) electrons. The fourth-order valence-corrected chi connectivity index (χ4v) is 2.74. The van der Waals surface area contributed by atoms with Gasteiger partial charge in [0.2, 0.25) is 0 Å². The zero-order chi connectivity index (χ0) is 13.9. The molecular formula is C15H21NO3. The fourth-order valence-electron chi connectivity index (χ4n) is 2.74. The SMILES string of the molecule is COC(=O)C(C)(NC1CCCC1)c1ccc(O)cc1. The second-order valence-corrected chi connectivity index (χ2v) is 5.29. The highest BCUT2D eigenvalue weighted by atomic mass is 16.5. The number of ether oxygens (including phenoxy) is 1. The standard InChI is InChI=1S/C15H21NO3/c1-15(14(18)19-2,16-12-5-3-4-6-12)11-7-9-13(17)10-8-11/h7-10,12,16-17H,3-6H2,1-2H3. The number of aromatic hydroxyl groups is 1. The van der Waals surface area contributed by atoms with Crippen molar-refractivity contribution in [3.05, 3.63) is 29.8 Å². The summed E-state index contributed by atoms with van der Waals surface area (Å²) >= 11 is 0. The van der Waals surface area contributed by atoms with Gasteiger partial charge in [0, 0.05) is 6.04 Å². The highest BCUT2D eigenvalue weighted by Gasteiger charge is 2.38.